The number of hydrogen-bond acceptors (Lipinski definition) is 6. The van der Waals surface area contributed by atoms with Crippen LogP contribution in [0.25, 0.3) is 0 Å². The molecule has 2 saturated heterocycles. The highest BCUT2D eigenvalue weighted by atomic mass is 35.5. The molecule has 210 valence electrons. The number of halogens is 2. The Morgan fingerprint density at radius 3 is 2.73 bits per heavy atom. The van der Waals surface area contributed by atoms with E-state index in [1.165, 1.54) is 6.20 Å². The van der Waals surface area contributed by atoms with Gasteiger partial charge in [0.25, 0.3) is 5.91 Å². The van der Waals surface area contributed by atoms with E-state index in [0.717, 1.165) is 31.5 Å². The van der Waals surface area contributed by atoms with Gasteiger partial charge in [0, 0.05) is 36.4 Å². The number of carbonyl (C=O) groups excluding carboxylic acids is 2. The van der Waals surface area contributed by atoms with E-state index < -0.39 is 11.9 Å². The van der Waals surface area contributed by atoms with Crippen LogP contribution < -0.4 is 10.1 Å². The lowest BCUT2D eigenvalue weighted by atomic mass is 10.1. The first-order valence-corrected chi connectivity index (χ1v) is 14.2. The molecule has 8 nitrogen and oxygen atoms in total. The van der Waals surface area contributed by atoms with Crippen LogP contribution in [0.15, 0.2) is 66.9 Å². The third-order valence-electron chi connectivity index (χ3n) is 7.34. The van der Waals surface area contributed by atoms with Gasteiger partial charge in [-0.2, -0.15) is 0 Å². The van der Waals surface area contributed by atoms with Gasteiger partial charge in [-0.1, -0.05) is 53.5 Å². The Bertz CT molecular complexity index is 1340. The second-order valence-corrected chi connectivity index (χ2v) is 11.0. The largest absolute Gasteiger partial charge is 0.437 e. The molecular weight excluding hydrogens is 551 g/mol. The van der Waals surface area contributed by atoms with Crippen LogP contribution in [-0.4, -0.2) is 71.0 Å². The lowest BCUT2D eigenvalue weighted by Crippen LogP contribution is -2.61. The summed E-state index contributed by atoms with van der Waals surface area (Å²) in [4.78, 5) is 36.0. The van der Waals surface area contributed by atoms with E-state index >= 15 is 0 Å². The summed E-state index contributed by atoms with van der Waals surface area (Å²) in [6.45, 7) is 4.93. The Hall–Kier alpha value is -3.17. The zero-order valence-electron chi connectivity index (χ0n) is 22.3. The van der Waals surface area contributed by atoms with Crippen molar-refractivity contribution in [3.63, 3.8) is 0 Å². The number of hydrogen-bond donors (Lipinski definition) is 1. The fourth-order valence-corrected chi connectivity index (χ4v) is 5.73. The Balaban J connectivity index is 1.34. The number of pyridine rings is 1. The molecule has 5 rings (SSSR count). The standard InChI is InChI=1S/C30H32Cl2N4O4/c1-20-16-35-14-6-9-23(35)17-36(20)30(38)26(19-39-18-21-7-3-2-4-8-21)34-28(37)24-10-5-13-33-29(24)40-27-12-11-22(31)15-25(27)32/h2-5,7-8,10-13,15,20,23,26H,6,9,14,16-19H2,1H3,(H,34,37)/t20?,23?,26-/m1/s1. The fourth-order valence-electron chi connectivity index (χ4n) is 5.28. The molecule has 0 radical (unpaired) electrons. The summed E-state index contributed by atoms with van der Waals surface area (Å²) >= 11 is 12.3. The van der Waals surface area contributed by atoms with Gasteiger partial charge in [0.2, 0.25) is 11.8 Å². The molecule has 2 unspecified atom stereocenters. The number of nitrogens with one attached hydrogen (secondary N) is 1. The van der Waals surface area contributed by atoms with Gasteiger partial charge in [0.1, 0.15) is 17.4 Å². The maximum atomic E-state index is 13.9. The first-order chi connectivity index (χ1) is 19.4. The number of ether oxygens (including phenoxy) is 2. The molecule has 40 heavy (non-hydrogen) atoms. The number of rotatable bonds is 9. The number of aromatic nitrogens is 1. The third-order valence-corrected chi connectivity index (χ3v) is 7.87. The minimum atomic E-state index is -0.890. The van der Waals surface area contributed by atoms with Crippen LogP contribution in [0.4, 0.5) is 0 Å². The quantitative estimate of drug-likeness (QED) is 0.374. The molecule has 2 fully saturated rings. The number of amides is 2. The maximum absolute atomic E-state index is 13.9. The van der Waals surface area contributed by atoms with E-state index in [9.17, 15) is 9.59 Å². The zero-order chi connectivity index (χ0) is 28.1. The van der Waals surface area contributed by atoms with Gasteiger partial charge in [-0.15, -0.1) is 0 Å². The predicted octanol–water partition coefficient (Wildman–Crippen LogP) is 5.19. The second-order valence-electron chi connectivity index (χ2n) is 10.2. The van der Waals surface area contributed by atoms with Crippen LogP contribution in [0.5, 0.6) is 11.6 Å². The summed E-state index contributed by atoms with van der Waals surface area (Å²) in [6, 6.07) is 17.2. The molecule has 2 amide bonds. The van der Waals surface area contributed by atoms with E-state index in [4.69, 9.17) is 32.7 Å². The summed E-state index contributed by atoms with van der Waals surface area (Å²) in [6.07, 6.45) is 3.73. The average molecular weight is 584 g/mol. The highest BCUT2D eigenvalue weighted by Gasteiger charge is 2.39. The molecular formula is C30H32Cl2N4O4. The molecule has 0 saturated carbocycles. The van der Waals surface area contributed by atoms with Crippen molar-refractivity contribution in [1.82, 2.24) is 20.1 Å². The molecule has 2 aromatic carbocycles. The Labute approximate surface area is 244 Å². The van der Waals surface area contributed by atoms with E-state index in [2.05, 4.69) is 22.1 Å². The van der Waals surface area contributed by atoms with Crippen molar-refractivity contribution in [2.75, 3.05) is 26.2 Å². The minimum Gasteiger partial charge on any atom is -0.437 e. The summed E-state index contributed by atoms with van der Waals surface area (Å²) in [7, 11) is 0. The summed E-state index contributed by atoms with van der Waals surface area (Å²) in [5, 5.41) is 3.65. The first-order valence-electron chi connectivity index (χ1n) is 13.4. The monoisotopic (exact) mass is 582 g/mol. The van der Waals surface area contributed by atoms with Crippen LogP contribution in [0, 0.1) is 0 Å². The normalized spacial score (nSPS) is 19.6. The van der Waals surface area contributed by atoms with Crippen molar-refractivity contribution in [2.24, 2.45) is 0 Å². The number of piperazine rings is 1. The number of nitrogens with zero attached hydrogens (tertiary/aromatic N) is 3. The Morgan fingerprint density at radius 2 is 1.93 bits per heavy atom. The SMILES string of the molecule is CC1CN2CCCC2CN1C(=O)[C@@H](COCc1ccccc1)NC(=O)c1cccnc1Oc1ccc(Cl)cc1Cl. The van der Waals surface area contributed by atoms with Crippen molar-refractivity contribution in [3.05, 3.63) is 88.0 Å². The van der Waals surface area contributed by atoms with Crippen LogP contribution in [0.3, 0.4) is 0 Å². The lowest BCUT2D eigenvalue weighted by Gasteiger charge is -2.43. The predicted molar refractivity (Wildman–Crippen MR) is 154 cm³/mol. The van der Waals surface area contributed by atoms with Crippen molar-refractivity contribution >= 4 is 35.0 Å². The number of benzene rings is 2. The topological polar surface area (TPSA) is 84.0 Å². The summed E-state index contributed by atoms with van der Waals surface area (Å²) in [5.74, 6) is -0.288. The van der Waals surface area contributed by atoms with Crippen LogP contribution in [0.1, 0.15) is 35.7 Å². The second kappa shape index (κ2) is 13.0. The van der Waals surface area contributed by atoms with Crippen LogP contribution in [0.2, 0.25) is 10.0 Å². The molecule has 1 N–H and O–H groups in total. The van der Waals surface area contributed by atoms with Gasteiger partial charge in [-0.25, -0.2) is 4.98 Å². The Kier molecular flexibility index (Phi) is 9.22. The molecule has 10 heteroatoms. The first kappa shape index (κ1) is 28.4. The molecule has 0 aliphatic carbocycles. The Morgan fingerprint density at radius 1 is 1.10 bits per heavy atom. The highest BCUT2D eigenvalue weighted by molar-refractivity contribution is 6.35. The van der Waals surface area contributed by atoms with Gasteiger partial charge in [-0.3, -0.25) is 14.5 Å². The van der Waals surface area contributed by atoms with Crippen LogP contribution >= 0.6 is 23.2 Å². The molecule has 0 spiro atoms. The van der Waals surface area contributed by atoms with Gasteiger partial charge in [0.15, 0.2) is 0 Å². The third kappa shape index (κ3) is 6.75. The molecule has 3 aromatic rings. The van der Waals surface area contributed by atoms with Crippen molar-refractivity contribution in [2.45, 2.75) is 44.5 Å². The van der Waals surface area contributed by atoms with E-state index in [-0.39, 0.29) is 35.0 Å². The van der Waals surface area contributed by atoms with Gasteiger partial charge in [-0.05, 0) is 62.2 Å². The minimum absolute atomic E-state index is 0.0243. The van der Waals surface area contributed by atoms with E-state index in [0.29, 0.717) is 30.0 Å². The lowest BCUT2D eigenvalue weighted by molar-refractivity contribution is -0.140. The van der Waals surface area contributed by atoms with Gasteiger partial charge >= 0.3 is 0 Å². The molecule has 3 atom stereocenters. The van der Waals surface area contributed by atoms with E-state index in [1.54, 1.807) is 30.3 Å². The van der Waals surface area contributed by atoms with Gasteiger partial charge < -0.3 is 19.7 Å². The zero-order valence-corrected chi connectivity index (χ0v) is 23.8. The molecule has 3 heterocycles. The van der Waals surface area contributed by atoms with Gasteiger partial charge in [0.05, 0.1) is 18.2 Å². The molecule has 0 bridgehead atoms. The van der Waals surface area contributed by atoms with Crippen LogP contribution in [-0.2, 0) is 16.1 Å². The fraction of sp³-hybridized carbons (Fsp3) is 0.367. The van der Waals surface area contributed by atoms with Crippen molar-refractivity contribution < 1.29 is 19.1 Å². The molecule has 1 aromatic heterocycles. The highest BCUT2D eigenvalue weighted by Crippen LogP contribution is 2.32. The molecule has 2 aliphatic heterocycles. The van der Waals surface area contributed by atoms with E-state index in [1.807, 2.05) is 35.2 Å². The smallest absolute Gasteiger partial charge is 0.257 e. The maximum Gasteiger partial charge on any atom is 0.257 e. The van der Waals surface area contributed by atoms with Crippen molar-refractivity contribution in [1.29, 1.82) is 0 Å². The number of carbonyl (C=O) groups is 2. The van der Waals surface area contributed by atoms with Crippen molar-refractivity contribution in [3.8, 4) is 11.6 Å². The summed E-state index contributed by atoms with van der Waals surface area (Å²) < 4.78 is 11.8. The number of fused-ring (bicyclic) bond motifs is 1. The average Bonchev–Trinajstić information content (AvgIpc) is 3.41. The molecule has 2 aliphatic rings. The summed E-state index contributed by atoms with van der Waals surface area (Å²) in [5.41, 5.74) is 1.15.